The molecule has 0 aliphatic carbocycles. The number of nitrogens with two attached hydrogens (primary N) is 1. The number of unbranched alkanes of at least 4 members (excludes halogenated alkanes) is 1. The second-order valence-electron chi connectivity index (χ2n) is 5.25. The third-order valence-corrected chi connectivity index (χ3v) is 2.70. The standard InChI is InChI=1S/C15H24N2O2/c1-4-5-9-19-13-8-6-7-12(10-13)11-17-14(18)15(2,3)16/h6-8,10H,4-5,9,11,16H2,1-3H3,(H,17,18). The lowest BCUT2D eigenvalue weighted by Gasteiger charge is -2.17. The van der Waals surface area contributed by atoms with E-state index in [1.807, 2.05) is 24.3 Å². The molecule has 0 fully saturated rings. The van der Waals surface area contributed by atoms with Gasteiger partial charge in [0, 0.05) is 6.54 Å². The quantitative estimate of drug-likeness (QED) is 0.742. The molecule has 0 aromatic heterocycles. The molecule has 0 atom stereocenters. The molecule has 0 bridgehead atoms. The summed E-state index contributed by atoms with van der Waals surface area (Å²) in [5.74, 6) is 0.678. The van der Waals surface area contributed by atoms with Crippen LogP contribution in [0.4, 0.5) is 0 Å². The Morgan fingerprint density at radius 3 is 2.79 bits per heavy atom. The fourth-order valence-corrected chi connectivity index (χ4v) is 1.49. The van der Waals surface area contributed by atoms with E-state index in [4.69, 9.17) is 10.5 Å². The SMILES string of the molecule is CCCCOc1cccc(CNC(=O)C(C)(C)N)c1. The zero-order valence-corrected chi connectivity index (χ0v) is 12.0. The summed E-state index contributed by atoms with van der Waals surface area (Å²) >= 11 is 0. The van der Waals surface area contributed by atoms with Crippen molar-refractivity contribution in [3.63, 3.8) is 0 Å². The van der Waals surface area contributed by atoms with Gasteiger partial charge >= 0.3 is 0 Å². The monoisotopic (exact) mass is 264 g/mol. The van der Waals surface area contributed by atoms with E-state index in [2.05, 4.69) is 12.2 Å². The number of ether oxygens (including phenoxy) is 1. The lowest BCUT2D eigenvalue weighted by molar-refractivity contribution is -0.125. The van der Waals surface area contributed by atoms with E-state index in [0.717, 1.165) is 30.8 Å². The highest BCUT2D eigenvalue weighted by Gasteiger charge is 2.20. The van der Waals surface area contributed by atoms with E-state index < -0.39 is 5.54 Å². The van der Waals surface area contributed by atoms with Gasteiger partial charge in [0.1, 0.15) is 5.75 Å². The molecule has 0 saturated heterocycles. The Balaban J connectivity index is 2.50. The highest BCUT2D eigenvalue weighted by molar-refractivity contribution is 5.84. The number of benzene rings is 1. The van der Waals surface area contributed by atoms with Crippen LogP contribution in [0.15, 0.2) is 24.3 Å². The van der Waals surface area contributed by atoms with Crippen molar-refractivity contribution in [3.8, 4) is 5.75 Å². The van der Waals surface area contributed by atoms with Crippen molar-refractivity contribution in [1.29, 1.82) is 0 Å². The Hall–Kier alpha value is -1.55. The topological polar surface area (TPSA) is 64.3 Å². The van der Waals surface area contributed by atoms with Crippen LogP contribution in [-0.4, -0.2) is 18.1 Å². The molecule has 0 spiro atoms. The van der Waals surface area contributed by atoms with Gasteiger partial charge in [-0.05, 0) is 38.0 Å². The first-order chi connectivity index (χ1) is 8.93. The zero-order valence-electron chi connectivity index (χ0n) is 12.0. The van der Waals surface area contributed by atoms with E-state index in [0.29, 0.717) is 6.54 Å². The van der Waals surface area contributed by atoms with Crippen molar-refractivity contribution >= 4 is 5.91 Å². The molecule has 0 radical (unpaired) electrons. The lowest BCUT2D eigenvalue weighted by Crippen LogP contribution is -2.48. The Morgan fingerprint density at radius 1 is 1.42 bits per heavy atom. The minimum atomic E-state index is -0.852. The number of hydrogen-bond acceptors (Lipinski definition) is 3. The van der Waals surface area contributed by atoms with Gasteiger partial charge in [0.05, 0.1) is 12.1 Å². The minimum Gasteiger partial charge on any atom is -0.494 e. The van der Waals surface area contributed by atoms with Crippen LogP contribution in [0.3, 0.4) is 0 Å². The molecular formula is C15H24N2O2. The summed E-state index contributed by atoms with van der Waals surface area (Å²) in [4.78, 5) is 11.7. The Morgan fingerprint density at radius 2 is 2.16 bits per heavy atom. The average Bonchev–Trinajstić information content (AvgIpc) is 2.35. The largest absolute Gasteiger partial charge is 0.494 e. The van der Waals surface area contributed by atoms with Crippen LogP contribution in [-0.2, 0) is 11.3 Å². The van der Waals surface area contributed by atoms with Gasteiger partial charge in [-0.15, -0.1) is 0 Å². The molecule has 0 heterocycles. The Kier molecular flexibility index (Phi) is 5.83. The summed E-state index contributed by atoms with van der Waals surface area (Å²) in [6, 6.07) is 7.75. The maximum atomic E-state index is 11.7. The first kappa shape index (κ1) is 15.5. The number of hydrogen-bond donors (Lipinski definition) is 2. The van der Waals surface area contributed by atoms with Gasteiger partial charge in [0.15, 0.2) is 0 Å². The van der Waals surface area contributed by atoms with Crippen molar-refractivity contribution in [2.75, 3.05) is 6.61 Å². The van der Waals surface area contributed by atoms with Gasteiger partial charge in [0.25, 0.3) is 0 Å². The average molecular weight is 264 g/mol. The molecule has 19 heavy (non-hydrogen) atoms. The van der Waals surface area contributed by atoms with E-state index in [1.165, 1.54) is 0 Å². The van der Waals surface area contributed by atoms with Gasteiger partial charge in [-0.1, -0.05) is 25.5 Å². The van der Waals surface area contributed by atoms with Crippen LogP contribution < -0.4 is 15.8 Å². The van der Waals surface area contributed by atoms with Crippen LogP contribution in [0.5, 0.6) is 5.75 Å². The van der Waals surface area contributed by atoms with Crippen LogP contribution >= 0.6 is 0 Å². The summed E-state index contributed by atoms with van der Waals surface area (Å²) in [6.07, 6.45) is 2.16. The summed E-state index contributed by atoms with van der Waals surface area (Å²) < 4.78 is 5.62. The Bertz CT molecular complexity index is 411. The van der Waals surface area contributed by atoms with Crippen molar-refractivity contribution in [2.24, 2.45) is 5.73 Å². The second-order valence-corrected chi connectivity index (χ2v) is 5.25. The third kappa shape index (κ3) is 5.75. The van der Waals surface area contributed by atoms with E-state index in [-0.39, 0.29) is 5.91 Å². The summed E-state index contributed by atoms with van der Waals surface area (Å²) in [6.45, 7) is 6.69. The van der Waals surface area contributed by atoms with Crippen LogP contribution in [0, 0.1) is 0 Å². The molecule has 0 aliphatic heterocycles. The molecule has 0 unspecified atom stereocenters. The summed E-state index contributed by atoms with van der Waals surface area (Å²) in [5, 5.41) is 2.81. The van der Waals surface area contributed by atoms with Gasteiger partial charge < -0.3 is 15.8 Å². The van der Waals surface area contributed by atoms with E-state index in [9.17, 15) is 4.79 Å². The first-order valence-electron chi connectivity index (χ1n) is 6.72. The smallest absolute Gasteiger partial charge is 0.239 e. The normalized spacial score (nSPS) is 11.2. The first-order valence-corrected chi connectivity index (χ1v) is 6.72. The molecule has 0 aliphatic rings. The molecule has 1 amide bonds. The predicted molar refractivity (Wildman–Crippen MR) is 77.0 cm³/mol. The van der Waals surface area contributed by atoms with Crippen LogP contribution in [0.25, 0.3) is 0 Å². The molecule has 0 saturated carbocycles. The molecule has 106 valence electrons. The number of carbonyl (C=O) groups is 1. The van der Waals surface area contributed by atoms with Gasteiger partial charge in [0.2, 0.25) is 5.91 Å². The maximum Gasteiger partial charge on any atom is 0.239 e. The highest BCUT2D eigenvalue weighted by Crippen LogP contribution is 2.14. The van der Waals surface area contributed by atoms with Crippen LogP contribution in [0.2, 0.25) is 0 Å². The molecule has 1 rings (SSSR count). The fourth-order valence-electron chi connectivity index (χ4n) is 1.49. The van der Waals surface area contributed by atoms with Crippen molar-refractivity contribution in [1.82, 2.24) is 5.32 Å². The van der Waals surface area contributed by atoms with Crippen molar-refractivity contribution in [2.45, 2.75) is 45.7 Å². The van der Waals surface area contributed by atoms with Crippen molar-refractivity contribution in [3.05, 3.63) is 29.8 Å². The molecular weight excluding hydrogens is 240 g/mol. The third-order valence-electron chi connectivity index (χ3n) is 2.70. The molecule has 1 aromatic rings. The highest BCUT2D eigenvalue weighted by atomic mass is 16.5. The number of rotatable bonds is 7. The minimum absolute atomic E-state index is 0.162. The van der Waals surface area contributed by atoms with Crippen LogP contribution in [0.1, 0.15) is 39.2 Å². The molecule has 4 nitrogen and oxygen atoms in total. The fraction of sp³-hybridized carbons (Fsp3) is 0.533. The summed E-state index contributed by atoms with van der Waals surface area (Å²) in [5.41, 5.74) is 5.87. The molecule has 3 N–H and O–H groups in total. The second kappa shape index (κ2) is 7.14. The maximum absolute atomic E-state index is 11.7. The number of nitrogens with one attached hydrogen (secondary N) is 1. The molecule has 4 heteroatoms. The van der Waals surface area contributed by atoms with Gasteiger partial charge in [-0.2, -0.15) is 0 Å². The van der Waals surface area contributed by atoms with Gasteiger partial charge in [-0.3, -0.25) is 4.79 Å². The van der Waals surface area contributed by atoms with Crippen molar-refractivity contribution < 1.29 is 9.53 Å². The lowest BCUT2D eigenvalue weighted by atomic mass is 10.1. The molecule has 1 aromatic carbocycles. The zero-order chi connectivity index (χ0) is 14.3. The van der Waals surface area contributed by atoms with E-state index in [1.54, 1.807) is 13.8 Å². The Labute approximate surface area is 115 Å². The van der Waals surface area contributed by atoms with Gasteiger partial charge in [-0.25, -0.2) is 0 Å². The summed E-state index contributed by atoms with van der Waals surface area (Å²) in [7, 11) is 0. The predicted octanol–water partition coefficient (Wildman–Crippen LogP) is 2.22. The number of amides is 1. The number of carbonyl (C=O) groups excluding carboxylic acids is 1. The van der Waals surface area contributed by atoms with E-state index >= 15 is 0 Å².